The van der Waals surface area contributed by atoms with Crippen molar-refractivity contribution in [2.75, 3.05) is 24.2 Å². The predicted molar refractivity (Wildman–Crippen MR) is 73.1 cm³/mol. The Labute approximate surface area is 113 Å². The largest absolute Gasteiger partial charge is 0.478 e. The van der Waals surface area contributed by atoms with Gasteiger partial charge in [0.2, 0.25) is 5.88 Å². The van der Waals surface area contributed by atoms with Crippen molar-refractivity contribution in [3.05, 3.63) is 12.4 Å². The summed E-state index contributed by atoms with van der Waals surface area (Å²) in [6, 6.07) is 1.69. The fourth-order valence-corrected chi connectivity index (χ4v) is 3.79. The van der Waals surface area contributed by atoms with Gasteiger partial charge >= 0.3 is 0 Å². The minimum atomic E-state index is -2.92. The summed E-state index contributed by atoms with van der Waals surface area (Å²) in [7, 11) is -2.92. The van der Waals surface area contributed by atoms with Crippen LogP contribution in [0.25, 0.3) is 0 Å². The van der Waals surface area contributed by atoms with Crippen LogP contribution in [0.5, 0.6) is 5.88 Å². The van der Waals surface area contributed by atoms with Gasteiger partial charge in [0.05, 0.1) is 17.6 Å². The molecule has 7 heteroatoms. The molecule has 0 spiro atoms. The molecule has 6 nitrogen and oxygen atoms in total. The van der Waals surface area contributed by atoms with E-state index in [0.717, 1.165) is 19.3 Å². The van der Waals surface area contributed by atoms with Gasteiger partial charge in [-0.2, -0.15) is 0 Å². The standard InChI is InChI=1S/C12H19N3O3S/c1-2-5-18-12-7-11(14-9-15-12)13-8-10-4-3-6-19(10,16)17/h7,9-10H,2-6,8H2,1H3,(H,13,14,15). The summed E-state index contributed by atoms with van der Waals surface area (Å²) in [5.41, 5.74) is 0. The van der Waals surface area contributed by atoms with Crippen molar-refractivity contribution < 1.29 is 13.2 Å². The second-order valence-corrected chi connectivity index (χ2v) is 7.00. The molecule has 1 aromatic heterocycles. The lowest BCUT2D eigenvalue weighted by Gasteiger charge is -2.11. The molecule has 19 heavy (non-hydrogen) atoms. The number of rotatable bonds is 6. The molecular weight excluding hydrogens is 266 g/mol. The molecule has 0 aromatic carbocycles. The molecule has 1 unspecified atom stereocenters. The first kappa shape index (κ1) is 14.0. The van der Waals surface area contributed by atoms with Crippen molar-refractivity contribution in [2.24, 2.45) is 0 Å². The Morgan fingerprint density at radius 1 is 1.47 bits per heavy atom. The monoisotopic (exact) mass is 285 g/mol. The van der Waals surface area contributed by atoms with Crippen LogP contribution in [-0.2, 0) is 9.84 Å². The second-order valence-electron chi connectivity index (χ2n) is 4.60. The van der Waals surface area contributed by atoms with E-state index in [4.69, 9.17) is 4.74 Å². The van der Waals surface area contributed by atoms with Crippen LogP contribution in [0.15, 0.2) is 12.4 Å². The molecule has 1 atom stereocenters. The third-order valence-corrected chi connectivity index (χ3v) is 5.35. The van der Waals surface area contributed by atoms with Crippen LogP contribution in [0, 0.1) is 0 Å². The maximum atomic E-state index is 11.7. The Hall–Kier alpha value is -1.37. The van der Waals surface area contributed by atoms with Gasteiger partial charge in [0, 0.05) is 12.6 Å². The van der Waals surface area contributed by atoms with Gasteiger partial charge in [-0.25, -0.2) is 18.4 Å². The zero-order valence-electron chi connectivity index (χ0n) is 11.0. The van der Waals surface area contributed by atoms with E-state index >= 15 is 0 Å². The van der Waals surface area contributed by atoms with Crippen LogP contribution < -0.4 is 10.1 Å². The van der Waals surface area contributed by atoms with Crippen LogP contribution >= 0.6 is 0 Å². The Morgan fingerprint density at radius 2 is 2.32 bits per heavy atom. The average molecular weight is 285 g/mol. The minimum Gasteiger partial charge on any atom is -0.478 e. The SMILES string of the molecule is CCCOc1cc(NCC2CCCS2(=O)=O)ncn1. The highest BCUT2D eigenvalue weighted by atomic mass is 32.2. The van der Waals surface area contributed by atoms with Gasteiger partial charge in [0.1, 0.15) is 12.1 Å². The van der Waals surface area contributed by atoms with Gasteiger partial charge < -0.3 is 10.1 Å². The predicted octanol–water partition coefficient (Wildman–Crippen LogP) is 1.25. The van der Waals surface area contributed by atoms with Gasteiger partial charge in [-0.3, -0.25) is 0 Å². The molecule has 0 aliphatic carbocycles. The summed E-state index contributed by atoms with van der Waals surface area (Å²) in [4.78, 5) is 8.05. The Bertz CT molecular complexity index is 519. The van der Waals surface area contributed by atoms with Crippen LogP contribution in [0.1, 0.15) is 26.2 Å². The molecule has 0 bridgehead atoms. The van der Waals surface area contributed by atoms with Crippen molar-refractivity contribution in [3.8, 4) is 5.88 Å². The highest BCUT2D eigenvalue weighted by Crippen LogP contribution is 2.20. The molecule has 106 valence electrons. The fourth-order valence-electron chi connectivity index (χ4n) is 2.03. The summed E-state index contributed by atoms with van der Waals surface area (Å²) in [5.74, 6) is 1.41. The number of ether oxygens (including phenoxy) is 1. The molecule has 1 aromatic rings. The number of anilines is 1. The van der Waals surface area contributed by atoms with Crippen molar-refractivity contribution >= 4 is 15.7 Å². The second kappa shape index (κ2) is 6.18. The van der Waals surface area contributed by atoms with E-state index in [9.17, 15) is 8.42 Å². The summed E-state index contributed by atoms with van der Waals surface area (Å²) in [6.07, 6.45) is 3.80. The van der Waals surface area contributed by atoms with Crippen molar-refractivity contribution in [1.29, 1.82) is 0 Å². The van der Waals surface area contributed by atoms with Gasteiger partial charge in [-0.15, -0.1) is 0 Å². The molecule has 0 radical (unpaired) electrons. The summed E-state index contributed by atoms with van der Waals surface area (Å²) >= 11 is 0. The van der Waals surface area contributed by atoms with Gasteiger partial charge in [0.15, 0.2) is 9.84 Å². The number of nitrogens with one attached hydrogen (secondary N) is 1. The summed E-state index contributed by atoms with van der Waals surface area (Å²) < 4.78 is 28.8. The number of aromatic nitrogens is 2. The van der Waals surface area contributed by atoms with E-state index in [1.165, 1.54) is 6.33 Å². The lowest BCUT2D eigenvalue weighted by Crippen LogP contribution is -2.25. The third kappa shape index (κ3) is 3.79. The lowest BCUT2D eigenvalue weighted by molar-refractivity contribution is 0.305. The highest BCUT2D eigenvalue weighted by Gasteiger charge is 2.30. The summed E-state index contributed by atoms with van der Waals surface area (Å²) in [5, 5.41) is 2.75. The van der Waals surface area contributed by atoms with Crippen molar-refractivity contribution in [3.63, 3.8) is 0 Å². The van der Waals surface area contributed by atoms with E-state index in [1.54, 1.807) is 6.07 Å². The Kier molecular flexibility index (Phi) is 4.57. The molecule has 0 amide bonds. The van der Waals surface area contributed by atoms with Gasteiger partial charge in [-0.05, 0) is 19.3 Å². The van der Waals surface area contributed by atoms with E-state index in [-0.39, 0.29) is 5.25 Å². The Balaban J connectivity index is 1.92. The third-order valence-electron chi connectivity index (χ3n) is 3.07. The van der Waals surface area contributed by atoms with Gasteiger partial charge in [0.25, 0.3) is 0 Å². The van der Waals surface area contributed by atoms with E-state index in [2.05, 4.69) is 15.3 Å². The first-order valence-electron chi connectivity index (χ1n) is 6.52. The Morgan fingerprint density at radius 3 is 3.00 bits per heavy atom. The average Bonchev–Trinajstić information content (AvgIpc) is 2.73. The molecule has 1 aliphatic rings. The maximum absolute atomic E-state index is 11.7. The van der Waals surface area contributed by atoms with E-state index < -0.39 is 9.84 Å². The molecular formula is C12H19N3O3S. The van der Waals surface area contributed by atoms with Crippen LogP contribution in [0.3, 0.4) is 0 Å². The quantitative estimate of drug-likeness (QED) is 0.847. The molecule has 2 heterocycles. The van der Waals surface area contributed by atoms with Gasteiger partial charge in [-0.1, -0.05) is 6.92 Å². The molecule has 1 aliphatic heterocycles. The molecule has 2 rings (SSSR count). The molecule has 0 saturated carbocycles. The highest BCUT2D eigenvalue weighted by molar-refractivity contribution is 7.92. The smallest absolute Gasteiger partial charge is 0.218 e. The zero-order chi connectivity index (χ0) is 13.7. The van der Waals surface area contributed by atoms with E-state index in [0.29, 0.717) is 30.6 Å². The van der Waals surface area contributed by atoms with Crippen molar-refractivity contribution in [2.45, 2.75) is 31.4 Å². The maximum Gasteiger partial charge on any atom is 0.218 e. The molecule has 1 fully saturated rings. The van der Waals surface area contributed by atoms with Crippen LogP contribution in [0.2, 0.25) is 0 Å². The lowest BCUT2D eigenvalue weighted by atomic mass is 10.2. The zero-order valence-corrected chi connectivity index (χ0v) is 11.8. The number of sulfone groups is 1. The number of hydrogen-bond acceptors (Lipinski definition) is 6. The fraction of sp³-hybridized carbons (Fsp3) is 0.667. The first-order valence-corrected chi connectivity index (χ1v) is 8.23. The van der Waals surface area contributed by atoms with Crippen molar-refractivity contribution in [1.82, 2.24) is 9.97 Å². The normalized spacial score (nSPS) is 21.2. The summed E-state index contributed by atoms with van der Waals surface area (Å²) in [6.45, 7) is 3.02. The number of nitrogens with zero attached hydrogens (tertiary/aromatic N) is 2. The first-order chi connectivity index (χ1) is 9.12. The topological polar surface area (TPSA) is 81.2 Å². The van der Waals surface area contributed by atoms with Crippen LogP contribution in [0.4, 0.5) is 5.82 Å². The minimum absolute atomic E-state index is 0.300. The number of hydrogen-bond donors (Lipinski definition) is 1. The molecule has 1 N–H and O–H groups in total. The molecule has 1 saturated heterocycles. The van der Waals surface area contributed by atoms with Crippen LogP contribution in [-0.4, -0.2) is 42.5 Å². The van der Waals surface area contributed by atoms with E-state index in [1.807, 2.05) is 6.92 Å².